The number of ether oxygens (including phenoxy) is 1. The third-order valence-corrected chi connectivity index (χ3v) is 4.83. The van der Waals surface area contributed by atoms with E-state index in [1.165, 1.54) is 0 Å². The van der Waals surface area contributed by atoms with E-state index in [1.54, 1.807) is 18.2 Å². The van der Waals surface area contributed by atoms with Crippen molar-refractivity contribution in [2.75, 3.05) is 23.8 Å². The minimum Gasteiger partial charge on any atom is -0.491 e. The molecule has 0 heterocycles. The number of rotatable bonds is 6. The molecule has 0 aliphatic rings. The van der Waals surface area contributed by atoms with Gasteiger partial charge in [0, 0.05) is 5.69 Å². The van der Waals surface area contributed by atoms with Crippen LogP contribution < -0.4 is 10.5 Å². The van der Waals surface area contributed by atoms with E-state index in [1.807, 2.05) is 6.92 Å². The highest BCUT2D eigenvalue weighted by Crippen LogP contribution is 2.30. The molecule has 4 nitrogen and oxygen atoms in total. The van der Waals surface area contributed by atoms with Crippen LogP contribution in [0.15, 0.2) is 22.7 Å². The largest absolute Gasteiger partial charge is 0.491 e. The van der Waals surface area contributed by atoms with Gasteiger partial charge in [0.1, 0.15) is 12.4 Å². The molecular formula is C11H16BrNO3S. The number of benzene rings is 1. The Kier molecular flexibility index (Phi) is 5.27. The lowest BCUT2D eigenvalue weighted by Crippen LogP contribution is -2.16. The number of anilines is 1. The highest BCUT2D eigenvalue weighted by molar-refractivity contribution is 9.10. The van der Waals surface area contributed by atoms with Gasteiger partial charge in [0.05, 0.1) is 16.0 Å². The van der Waals surface area contributed by atoms with Crippen molar-refractivity contribution < 1.29 is 13.2 Å². The lowest BCUT2D eigenvalue weighted by atomic mass is 10.3. The van der Waals surface area contributed by atoms with Gasteiger partial charge in [-0.25, -0.2) is 8.42 Å². The fourth-order valence-corrected chi connectivity index (χ4v) is 2.87. The molecule has 1 aromatic carbocycles. The first-order valence-corrected chi connectivity index (χ1v) is 7.95. The van der Waals surface area contributed by atoms with E-state index in [9.17, 15) is 8.42 Å². The smallest absolute Gasteiger partial charge is 0.153 e. The Hall–Kier alpha value is -0.750. The molecule has 2 N–H and O–H groups in total. The topological polar surface area (TPSA) is 69.4 Å². The molecule has 17 heavy (non-hydrogen) atoms. The van der Waals surface area contributed by atoms with Crippen molar-refractivity contribution >= 4 is 31.5 Å². The van der Waals surface area contributed by atoms with Crippen LogP contribution in [0.5, 0.6) is 5.75 Å². The van der Waals surface area contributed by atoms with Crippen LogP contribution in [0.1, 0.15) is 13.3 Å². The molecule has 1 rings (SSSR count). The van der Waals surface area contributed by atoms with Crippen LogP contribution in [-0.2, 0) is 9.84 Å². The molecule has 0 atom stereocenters. The number of hydrogen-bond donors (Lipinski definition) is 1. The maximum Gasteiger partial charge on any atom is 0.153 e. The summed E-state index contributed by atoms with van der Waals surface area (Å²) in [5, 5.41) is 0. The molecule has 6 heteroatoms. The van der Waals surface area contributed by atoms with Crippen molar-refractivity contribution in [1.29, 1.82) is 0 Å². The molecular weight excluding hydrogens is 306 g/mol. The van der Waals surface area contributed by atoms with Crippen molar-refractivity contribution in [3.8, 4) is 5.75 Å². The van der Waals surface area contributed by atoms with Gasteiger partial charge in [0.15, 0.2) is 9.84 Å². The lowest BCUT2D eigenvalue weighted by molar-refractivity contribution is 0.339. The van der Waals surface area contributed by atoms with E-state index in [0.29, 0.717) is 22.3 Å². The zero-order valence-electron chi connectivity index (χ0n) is 9.65. The fraction of sp³-hybridized carbons (Fsp3) is 0.455. The Morgan fingerprint density at radius 3 is 2.71 bits per heavy atom. The van der Waals surface area contributed by atoms with Gasteiger partial charge in [-0.3, -0.25) is 0 Å². The average Bonchev–Trinajstić information content (AvgIpc) is 2.24. The SMILES string of the molecule is CCCS(=O)(=O)CCOc1cccc(N)c1Br. The van der Waals surface area contributed by atoms with Gasteiger partial charge in [0.2, 0.25) is 0 Å². The summed E-state index contributed by atoms with van der Waals surface area (Å²) in [6.07, 6.45) is 0.629. The summed E-state index contributed by atoms with van der Waals surface area (Å²) in [7, 11) is -3.00. The molecule has 0 bridgehead atoms. The number of halogens is 1. The minimum atomic E-state index is -3.00. The van der Waals surface area contributed by atoms with Crippen LogP contribution in [0.2, 0.25) is 0 Å². The maximum absolute atomic E-state index is 11.5. The van der Waals surface area contributed by atoms with Crippen molar-refractivity contribution in [1.82, 2.24) is 0 Å². The molecule has 0 aliphatic carbocycles. The molecule has 96 valence electrons. The van der Waals surface area contributed by atoms with Crippen LogP contribution in [0.25, 0.3) is 0 Å². The Bertz CT molecular complexity index is 474. The third kappa shape index (κ3) is 4.55. The third-order valence-electron chi connectivity index (χ3n) is 2.16. The zero-order chi connectivity index (χ0) is 12.9. The molecule has 0 aliphatic heterocycles. The monoisotopic (exact) mass is 321 g/mol. The van der Waals surface area contributed by atoms with E-state index < -0.39 is 9.84 Å². The predicted octanol–water partition coefficient (Wildman–Crippen LogP) is 2.23. The Morgan fingerprint density at radius 2 is 2.06 bits per heavy atom. The number of nitrogen functional groups attached to an aromatic ring is 1. The van der Waals surface area contributed by atoms with Gasteiger partial charge < -0.3 is 10.5 Å². The van der Waals surface area contributed by atoms with Gasteiger partial charge in [0.25, 0.3) is 0 Å². The van der Waals surface area contributed by atoms with E-state index >= 15 is 0 Å². The summed E-state index contributed by atoms with van der Waals surface area (Å²) in [5.41, 5.74) is 6.25. The van der Waals surface area contributed by atoms with Crippen molar-refractivity contribution in [3.63, 3.8) is 0 Å². The van der Waals surface area contributed by atoms with Crippen molar-refractivity contribution in [3.05, 3.63) is 22.7 Å². The first-order chi connectivity index (χ1) is 7.96. The summed E-state index contributed by atoms with van der Waals surface area (Å²) < 4.78 is 29.0. The second-order valence-corrected chi connectivity index (χ2v) is 6.76. The summed E-state index contributed by atoms with van der Waals surface area (Å²) >= 11 is 3.29. The predicted molar refractivity (Wildman–Crippen MR) is 73.0 cm³/mol. The van der Waals surface area contributed by atoms with E-state index in [4.69, 9.17) is 10.5 Å². The molecule has 0 fully saturated rings. The quantitative estimate of drug-likeness (QED) is 0.816. The molecule has 0 spiro atoms. The van der Waals surface area contributed by atoms with E-state index in [-0.39, 0.29) is 18.1 Å². The molecule has 0 saturated heterocycles. The van der Waals surface area contributed by atoms with Gasteiger partial charge >= 0.3 is 0 Å². The lowest BCUT2D eigenvalue weighted by Gasteiger charge is -2.09. The molecule has 0 saturated carbocycles. The standard InChI is InChI=1S/C11H16BrNO3S/c1-2-7-17(14,15)8-6-16-10-5-3-4-9(13)11(10)12/h3-5H,2,6-8,13H2,1H3. The Morgan fingerprint density at radius 1 is 1.35 bits per heavy atom. The second-order valence-electron chi connectivity index (χ2n) is 3.66. The highest BCUT2D eigenvalue weighted by atomic mass is 79.9. The number of sulfone groups is 1. The van der Waals surface area contributed by atoms with Gasteiger partial charge in [-0.2, -0.15) is 0 Å². The second kappa shape index (κ2) is 6.26. The number of hydrogen-bond acceptors (Lipinski definition) is 4. The van der Waals surface area contributed by atoms with Crippen molar-refractivity contribution in [2.24, 2.45) is 0 Å². The molecule has 0 radical (unpaired) electrons. The summed E-state index contributed by atoms with van der Waals surface area (Å²) in [6.45, 7) is 1.98. The van der Waals surface area contributed by atoms with Crippen LogP contribution in [0, 0.1) is 0 Å². The minimum absolute atomic E-state index is 0.0298. The first kappa shape index (κ1) is 14.3. The van der Waals surface area contributed by atoms with Crippen LogP contribution in [-0.4, -0.2) is 26.5 Å². The van der Waals surface area contributed by atoms with E-state index in [0.717, 1.165) is 0 Å². The average molecular weight is 322 g/mol. The van der Waals surface area contributed by atoms with Crippen LogP contribution in [0.4, 0.5) is 5.69 Å². The first-order valence-electron chi connectivity index (χ1n) is 5.33. The fourth-order valence-electron chi connectivity index (χ4n) is 1.33. The number of nitrogens with two attached hydrogens (primary N) is 1. The molecule has 0 amide bonds. The summed E-state index contributed by atoms with van der Waals surface area (Å²) in [5.74, 6) is 0.799. The summed E-state index contributed by atoms with van der Waals surface area (Å²) in [6, 6.07) is 5.24. The normalized spacial score (nSPS) is 11.4. The zero-order valence-corrected chi connectivity index (χ0v) is 12.1. The highest BCUT2D eigenvalue weighted by Gasteiger charge is 2.10. The Labute approximate surface area is 110 Å². The van der Waals surface area contributed by atoms with Gasteiger partial charge in [-0.15, -0.1) is 0 Å². The molecule has 0 aromatic heterocycles. The van der Waals surface area contributed by atoms with Gasteiger partial charge in [-0.1, -0.05) is 13.0 Å². The molecule has 0 unspecified atom stereocenters. The Balaban J connectivity index is 2.55. The maximum atomic E-state index is 11.5. The van der Waals surface area contributed by atoms with Gasteiger partial charge in [-0.05, 0) is 34.5 Å². The summed E-state index contributed by atoms with van der Waals surface area (Å²) in [4.78, 5) is 0. The molecule has 1 aromatic rings. The van der Waals surface area contributed by atoms with E-state index in [2.05, 4.69) is 15.9 Å². The van der Waals surface area contributed by atoms with Crippen LogP contribution in [0.3, 0.4) is 0 Å². The van der Waals surface area contributed by atoms with Crippen molar-refractivity contribution in [2.45, 2.75) is 13.3 Å². The van der Waals surface area contributed by atoms with Crippen LogP contribution >= 0.6 is 15.9 Å².